The van der Waals surface area contributed by atoms with E-state index >= 15 is 0 Å². The maximum Gasteiger partial charge on any atom is 0.143 e. The molecule has 3 nitrogen and oxygen atoms in total. The van der Waals surface area contributed by atoms with Gasteiger partial charge in [-0.2, -0.15) is 0 Å². The zero-order valence-corrected chi connectivity index (χ0v) is 8.10. The molecule has 0 bridgehead atoms. The van der Waals surface area contributed by atoms with E-state index in [0.717, 1.165) is 6.07 Å². The Morgan fingerprint density at radius 2 is 2.15 bits per heavy atom. The van der Waals surface area contributed by atoms with Crippen molar-refractivity contribution in [3.05, 3.63) is 23.0 Å². The van der Waals surface area contributed by atoms with Crippen molar-refractivity contribution in [2.24, 2.45) is 0 Å². The van der Waals surface area contributed by atoms with E-state index in [1.807, 2.05) is 0 Å². The molecule has 0 saturated heterocycles. The number of anilines is 2. The molecule has 0 unspecified atom stereocenters. The van der Waals surface area contributed by atoms with E-state index in [1.165, 1.54) is 18.2 Å². The fraction of sp³-hybridized carbons (Fsp3) is 0.250. The maximum absolute atomic E-state index is 12.9. The normalized spacial score (nSPS) is 10.2. The van der Waals surface area contributed by atoms with Gasteiger partial charge in [0.2, 0.25) is 0 Å². The lowest BCUT2D eigenvalue weighted by molar-refractivity contribution is 0.185. The quantitative estimate of drug-likeness (QED) is 0.592. The highest BCUT2D eigenvalue weighted by Gasteiger charge is 2.09. The number of hydrogen-bond donors (Lipinski definition) is 1. The topological polar surface area (TPSA) is 38.5 Å². The summed E-state index contributed by atoms with van der Waals surface area (Å²) in [6.07, 6.45) is 0. The maximum atomic E-state index is 12.9. The first-order valence-electron chi connectivity index (χ1n) is 3.58. The number of nitrogens with zero attached hydrogens (tertiary/aromatic N) is 1. The lowest BCUT2D eigenvalue weighted by Crippen LogP contribution is -2.16. The lowest BCUT2D eigenvalue weighted by atomic mass is 10.2. The van der Waals surface area contributed by atoms with Crippen LogP contribution in [-0.2, 0) is 4.84 Å². The Labute approximate surface area is 80.8 Å². The first kappa shape index (κ1) is 10.1. The summed E-state index contributed by atoms with van der Waals surface area (Å²) >= 11 is 5.57. The molecule has 5 heteroatoms. The lowest BCUT2D eigenvalue weighted by Gasteiger charge is -2.18. The van der Waals surface area contributed by atoms with Crippen LogP contribution in [0.2, 0.25) is 5.02 Å². The van der Waals surface area contributed by atoms with Gasteiger partial charge in [0.05, 0.1) is 23.5 Å². The Kier molecular flexibility index (Phi) is 2.95. The van der Waals surface area contributed by atoms with E-state index in [0.29, 0.717) is 5.69 Å². The SMILES string of the molecule is CON(C)c1cc(Cl)c(F)cc1N. The van der Waals surface area contributed by atoms with Crippen LogP contribution in [0.1, 0.15) is 0 Å². The van der Waals surface area contributed by atoms with E-state index in [9.17, 15) is 4.39 Å². The van der Waals surface area contributed by atoms with Gasteiger partial charge in [-0.05, 0) is 6.07 Å². The Morgan fingerprint density at radius 1 is 1.54 bits per heavy atom. The van der Waals surface area contributed by atoms with E-state index in [-0.39, 0.29) is 10.7 Å². The summed E-state index contributed by atoms with van der Waals surface area (Å²) in [5, 5.41) is 1.42. The van der Waals surface area contributed by atoms with Crippen LogP contribution in [0.5, 0.6) is 0 Å². The van der Waals surface area contributed by atoms with Crippen molar-refractivity contribution in [1.29, 1.82) is 0 Å². The molecule has 0 heterocycles. The van der Waals surface area contributed by atoms with Gasteiger partial charge < -0.3 is 5.73 Å². The molecule has 0 amide bonds. The van der Waals surface area contributed by atoms with Crippen molar-refractivity contribution in [3.63, 3.8) is 0 Å². The molecule has 2 N–H and O–H groups in total. The predicted octanol–water partition coefficient (Wildman–Crippen LogP) is 2.06. The van der Waals surface area contributed by atoms with Crippen molar-refractivity contribution < 1.29 is 9.23 Å². The molecule has 0 spiro atoms. The number of hydrogen-bond acceptors (Lipinski definition) is 3. The molecule has 0 aliphatic heterocycles. The van der Waals surface area contributed by atoms with Crippen LogP contribution >= 0.6 is 11.6 Å². The summed E-state index contributed by atoms with van der Waals surface area (Å²) in [6, 6.07) is 2.57. The van der Waals surface area contributed by atoms with Crippen LogP contribution in [-0.4, -0.2) is 14.2 Å². The summed E-state index contributed by atoms with van der Waals surface area (Å²) in [6.45, 7) is 0. The zero-order chi connectivity index (χ0) is 10.0. The molecule has 0 saturated carbocycles. The molecule has 1 aromatic carbocycles. The van der Waals surface area contributed by atoms with Gasteiger partial charge in [-0.15, -0.1) is 0 Å². The third kappa shape index (κ3) is 2.02. The number of nitrogen functional groups attached to an aromatic ring is 1. The van der Waals surface area contributed by atoms with E-state index in [1.54, 1.807) is 7.05 Å². The van der Waals surface area contributed by atoms with Crippen molar-refractivity contribution >= 4 is 23.0 Å². The molecule has 0 aromatic heterocycles. The molecule has 0 fully saturated rings. The molecule has 0 aliphatic carbocycles. The minimum absolute atomic E-state index is 0.0214. The van der Waals surface area contributed by atoms with Gasteiger partial charge >= 0.3 is 0 Å². The van der Waals surface area contributed by atoms with Crippen LogP contribution in [0.15, 0.2) is 12.1 Å². The highest BCUT2D eigenvalue weighted by atomic mass is 35.5. The van der Waals surface area contributed by atoms with Crippen molar-refractivity contribution in [2.45, 2.75) is 0 Å². The smallest absolute Gasteiger partial charge is 0.143 e. The van der Waals surface area contributed by atoms with Crippen molar-refractivity contribution in [3.8, 4) is 0 Å². The predicted molar refractivity (Wildman–Crippen MR) is 51.2 cm³/mol. The highest BCUT2D eigenvalue weighted by Crippen LogP contribution is 2.28. The van der Waals surface area contributed by atoms with Crippen LogP contribution in [0.25, 0.3) is 0 Å². The average Bonchev–Trinajstić information content (AvgIpc) is 2.10. The largest absolute Gasteiger partial charge is 0.397 e. The number of benzene rings is 1. The Bertz CT molecular complexity index is 319. The second-order valence-corrected chi connectivity index (χ2v) is 2.91. The summed E-state index contributed by atoms with van der Waals surface area (Å²) in [4.78, 5) is 4.88. The standard InChI is InChI=1S/C8H10ClFN2O/c1-12(13-2)8-3-5(9)6(10)4-7(8)11/h3-4H,11H2,1-2H3. The van der Waals surface area contributed by atoms with E-state index in [4.69, 9.17) is 22.2 Å². The fourth-order valence-corrected chi connectivity index (χ4v) is 1.08. The summed E-state index contributed by atoms with van der Waals surface area (Å²) in [5.41, 5.74) is 6.37. The monoisotopic (exact) mass is 204 g/mol. The third-order valence-electron chi connectivity index (χ3n) is 1.68. The fourth-order valence-electron chi connectivity index (χ4n) is 0.923. The Morgan fingerprint density at radius 3 is 2.69 bits per heavy atom. The van der Waals surface area contributed by atoms with Crippen LogP contribution in [0, 0.1) is 5.82 Å². The number of hydroxylamine groups is 1. The van der Waals surface area contributed by atoms with E-state index in [2.05, 4.69) is 0 Å². The molecule has 0 aliphatic rings. The van der Waals surface area contributed by atoms with Crippen LogP contribution < -0.4 is 10.8 Å². The molecule has 0 atom stereocenters. The van der Waals surface area contributed by atoms with Gasteiger partial charge in [0.25, 0.3) is 0 Å². The summed E-state index contributed by atoms with van der Waals surface area (Å²) in [5.74, 6) is -0.535. The van der Waals surface area contributed by atoms with Crippen molar-refractivity contribution in [2.75, 3.05) is 25.0 Å². The average molecular weight is 205 g/mol. The number of nitrogens with two attached hydrogens (primary N) is 1. The highest BCUT2D eigenvalue weighted by molar-refractivity contribution is 6.31. The summed E-state index contributed by atoms with van der Waals surface area (Å²) < 4.78 is 12.9. The van der Waals surface area contributed by atoms with Crippen LogP contribution in [0.4, 0.5) is 15.8 Å². The molecule has 72 valence electrons. The van der Waals surface area contributed by atoms with Gasteiger partial charge in [0.15, 0.2) is 0 Å². The first-order valence-corrected chi connectivity index (χ1v) is 3.96. The van der Waals surface area contributed by atoms with Gasteiger partial charge in [-0.3, -0.25) is 9.90 Å². The molecule has 0 radical (unpaired) electrons. The second-order valence-electron chi connectivity index (χ2n) is 2.51. The molecular weight excluding hydrogens is 195 g/mol. The molecule has 13 heavy (non-hydrogen) atoms. The Hall–Kier alpha value is -1.00. The first-order chi connectivity index (χ1) is 6.06. The minimum Gasteiger partial charge on any atom is -0.397 e. The van der Waals surface area contributed by atoms with E-state index < -0.39 is 5.82 Å². The van der Waals surface area contributed by atoms with Gasteiger partial charge in [0.1, 0.15) is 5.82 Å². The van der Waals surface area contributed by atoms with Gasteiger partial charge in [-0.1, -0.05) is 11.6 Å². The minimum atomic E-state index is -0.535. The van der Waals surface area contributed by atoms with Gasteiger partial charge in [0, 0.05) is 13.1 Å². The van der Waals surface area contributed by atoms with Gasteiger partial charge in [-0.25, -0.2) is 4.39 Å². The zero-order valence-electron chi connectivity index (χ0n) is 7.34. The Balaban J connectivity index is 3.15. The van der Waals surface area contributed by atoms with Crippen LogP contribution in [0.3, 0.4) is 0 Å². The number of rotatable bonds is 2. The third-order valence-corrected chi connectivity index (χ3v) is 1.97. The molecule has 1 rings (SSSR count). The summed E-state index contributed by atoms with van der Waals surface area (Å²) in [7, 11) is 3.14. The van der Waals surface area contributed by atoms with Crippen molar-refractivity contribution in [1.82, 2.24) is 0 Å². The number of halogens is 2. The molecule has 1 aromatic rings. The molecular formula is C8H10ClFN2O. The second kappa shape index (κ2) is 3.81.